The zero-order valence-electron chi connectivity index (χ0n) is 16.3. The molecule has 0 aliphatic carbocycles. The third kappa shape index (κ3) is 3.44. The van der Waals surface area contributed by atoms with Gasteiger partial charge < -0.3 is 18.6 Å². The van der Waals surface area contributed by atoms with Crippen LogP contribution in [-0.4, -0.2) is 31.8 Å². The van der Waals surface area contributed by atoms with E-state index in [1.165, 1.54) is 5.56 Å². The first-order valence-electron chi connectivity index (χ1n) is 9.95. The summed E-state index contributed by atoms with van der Waals surface area (Å²) in [5.41, 5.74) is 2.42. The summed E-state index contributed by atoms with van der Waals surface area (Å²) in [7, 11) is 1.60. The van der Waals surface area contributed by atoms with Crippen LogP contribution in [0.15, 0.2) is 51.7 Å². The molecule has 0 amide bonds. The van der Waals surface area contributed by atoms with Gasteiger partial charge in [0.15, 0.2) is 11.5 Å². The van der Waals surface area contributed by atoms with Gasteiger partial charge >= 0.3 is 5.63 Å². The van der Waals surface area contributed by atoms with Gasteiger partial charge in [-0.15, -0.1) is 0 Å². The molecule has 0 radical (unpaired) electrons. The van der Waals surface area contributed by atoms with Crippen LogP contribution in [0.3, 0.4) is 0 Å². The fourth-order valence-electron chi connectivity index (χ4n) is 4.35. The van der Waals surface area contributed by atoms with Gasteiger partial charge in [-0.25, -0.2) is 4.79 Å². The molecule has 5 rings (SSSR count). The quantitative estimate of drug-likeness (QED) is 0.627. The zero-order valence-corrected chi connectivity index (χ0v) is 16.3. The fourth-order valence-corrected chi connectivity index (χ4v) is 4.35. The third-order valence-electron chi connectivity index (χ3n) is 5.73. The number of hydrogen-bond acceptors (Lipinski definition) is 6. The molecule has 2 aliphatic heterocycles. The molecule has 6 nitrogen and oxygen atoms in total. The molecule has 6 heteroatoms. The second-order valence-corrected chi connectivity index (χ2v) is 7.48. The van der Waals surface area contributed by atoms with Gasteiger partial charge in [0.05, 0.1) is 7.11 Å². The number of hydrogen-bond donors (Lipinski definition) is 0. The fraction of sp³-hybridized carbons (Fsp3) is 0.348. The van der Waals surface area contributed by atoms with Gasteiger partial charge in [0.1, 0.15) is 24.5 Å². The Morgan fingerprint density at radius 2 is 1.93 bits per heavy atom. The van der Waals surface area contributed by atoms with E-state index in [0.717, 1.165) is 41.8 Å². The van der Waals surface area contributed by atoms with E-state index in [0.29, 0.717) is 31.1 Å². The van der Waals surface area contributed by atoms with E-state index in [1.807, 2.05) is 18.2 Å². The monoisotopic (exact) mass is 393 g/mol. The summed E-state index contributed by atoms with van der Waals surface area (Å²) >= 11 is 0. The Bertz CT molecular complexity index is 1110. The highest BCUT2D eigenvalue weighted by Gasteiger charge is 2.28. The number of methoxy groups -OCH3 is 1. The number of likely N-dealkylation sites (tertiary alicyclic amines) is 1. The summed E-state index contributed by atoms with van der Waals surface area (Å²) in [6.45, 7) is 2.85. The maximum absolute atomic E-state index is 12.1. The molecule has 3 heterocycles. The van der Waals surface area contributed by atoms with Crippen LogP contribution in [-0.2, 0) is 6.54 Å². The molecule has 29 heavy (non-hydrogen) atoms. The van der Waals surface area contributed by atoms with Crippen molar-refractivity contribution in [2.45, 2.75) is 25.4 Å². The first kappa shape index (κ1) is 18.1. The number of ether oxygens (including phenoxy) is 3. The Labute approximate surface area is 168 Å². The van der Waals surface area contributed by atoms with Gasteiger partial charge in [0.25, 0.3) is 0 Å². The summed E-state index contributed by atoms with van der Waals surface area (Å²) < 4.78 is 22.1. The normalized spacial score (nSPS) is 18.9. The van der Waals surface area contributed by atoms with Gasteiger partial charge in [-0.1, -0.05) is 6.07 Å². The Morgan fingerprint density at radius 3 is 2.79 bits per heavy atom. The van der Waals surface area contributed by atoms with Crippen LogP contribution in [0.1, 0.15) is 30.0 Å². The first-order valence-corrected chi connectivity index (χ1v) is 9.95. The lowest BCUT2D eigenvalue weighted by molar-refractivity contribution is 0.170. The van der Waals surface area contributed by atoms with Crippen molar-refractivity contribution in [2.75, 3.05) is 26.9 Å². The van der Waals surface area contributed by atoms with Gasteiger partial charge in [-0.2, -0.15) is 0 Å². The van der Waals surface area contributed by atoms with Crippen LogP contribution in [0.5, 0.6) is 17.2 Å². The van der Waals surface area contributed by atoms with Crippen LogP contribution < -0.4 is 19.8 Å². The Balaban J connectivity index is 1.46. The molecule has 1 aromatic heterocycles. The predicted octanol–water partition coefficient (Wildman–Crippen LogP) is 3.91. The van der Waals surface area contributed by atoms with Crippen molar-refractivity contribution in [1.82, 2.24) is 4.90 Å². The first-order chi connectivity index (χ1) is 14.2. The highest BCUT2D eigenvalue weighted by molar-refractivity contribution is 5.81. The Hall–Kier alpha value is -2.99. The van der Waals surface area contributed by atoms with Crippen molar-refractivity contribution >= 4 is 11.0 Å². The minimum absolute atomic E-state index is 0.284. The number of benzene rings is 2. The van der Waals surface area contributed by atoms with Crippen LogP contribution in [0.4, 0.5) is 0 Å². The molecule has 0 saturated carbocycles. The van der Waals surface area contributed by atoms with Crippen LogP contribution in [0.2, 0.25) is 0 Å². The summed E-state index contributed by atoms with van der Waals surface area (Å²) in [6, 6.07) is 13.7. The van der Waals surface area contributed by atoms with E-state index in [2.05, 4.69) is 17.0 Å². The van der Waals surface area contributed by atoms with E-state index < -0.39 is 0 Å². The maximum Gasteiger partial charge on any atom is 0.336 e. The summed E-state index contributed by atoms with van der Waals surface area (Å²) in [4.78, 5) is 14.6. The molecule has 0 N–H and O–H groups in total. The van der Waals surface area contributed by atoms with Gasteiger partial charge in [-0.05, 0) is 54.8 Å². The largest absolute Gasteiger partial charge is 0.497 e. The molecule has 2 aromatic carbocycles. The average molecular weight is 393 g/mol. The number of rotatable bonds is 4. The molecule has 2 aliphatic rings. The number of nitrogens with zero attached hydrogens (tertiary/aromatic N) is 1. The molecular weight excluding hydrogens is 370 g/mol. The van der Waals surface area contributed by atoms with E-state index >= 15 is 0 Å². The smallest absolute Gasteiger partial charge is 0.336 e. The van der Waals surface area contributed by atoms with Crippen LogP contribution in [0, 0.1) is 0 Å². The Kier molecular flexibility index (Phi) is 4.64. The van der Waals surface area contributed by atoms with Crippen molar-refractivity contribution in [1.29, 1.82) is 0 Å². The molecule has 150 valence electrons. The van der Waals surface area contributed by atoms with Crippen molar-refractivity contribution in [3.63, 3.8) is 0 Å². The minimum atomic E-state index is -0.337. The molecule has 0 spiro atoms. The molecule has 1 saturated heterocycles. The molecule has 1 fully saturated rings. The average Bonchev–Trinajstić information content (AvgIpc) is 3.21. The standard InChI is InChI=1S/C23H23NO5/c1-26-17-5-6-18-16(12-23(25)29-21(18)13-17)14-24-8-2-3-19(24)15-4-7-20-22(11-15)28-10-9-27-20/h4-7,11-13,19H,2-3,8-10,14H2,1H3. The van der Waals surface area contributed by atoms with Crippen LogP contribution >= 0.6 is 0 Å². The maximum atomic E-state index is 12.1. The predicted molar refractivity (Wildman–Crippen MR) is 109 cm³/mol. The lowest BCUT2D eigenvalue weighted by Gasteiger charge is -2.27. The van der Waals surface area contributed by atoms with Crippen molar-refractivity contribution in [3.8, 4) is 17.2 Å². The summed E-state index contributed by atoms with van der Waals surface area (Å²) in [5, 5.41) is 0.943. The van der Waals surface area contributed by atoms with Gasteiger partial charge in [0.2, 0.25) is 0 Å². The minimum Gasteiger partial charge on any atom is -0.497 e. The SMILES string of the molecule is COc1ccc2c(CN3CCCC3c3ccc4c(c3)OCCO4)cc(=O)oc2c1. The highest BCUT2D eigenvalue weighted by atomic mass is 16.6. The lowest BCUT2D eigenvalue weighted by atomic mass is 10.0. The highest BCUT2D eigenvalue weighted by Crippen LogP contribution is 2.39. The molecule has 1 unspecified atom stereocenters. The summed E-state index contributed by atoms with van der Waals surface area (Å²) in [6.07, 6.45) is 2.19. The zero-order chi connectivity index (χ0) is 19.8. The van der Waals surface area contributed by atoms with Crippen molar-refractivity contribution in [2.24, 2.45) is 0 Å². The molecular formula is C23H23NO5. The van der Waals surface area contributed by atoms with Crippen LogP contribution in [0.25, 0.3) is 11.0 Å². The molecule has 3 aromatic rings. The second-order valence-electron chi connectivity index (χ2n) is 7.48. The topological polar surface area (TPSA) is 61.1 Å². The molecule has 0 bridgehead atoms. The lowest BCUT2D eigenvalue weighted by Crippen LogP contribution is -2.24. The summed E-state index contributed by atoms with van der Waals surface area (Å²) in [5.74, 6) is 2.30. The third-order valence-corrected chi connectivity index (χ3v) is 5.73. The van der Waals surface area contributed by atoms with Crippen molar-refractivity contribution < 1.29 is 18.6 Å². The van der Waals surface area contributed by atoms with E-state index in [-0.39, 0.29) is 11.7 Å². The van der Waals surface area contributed by atoms with Gasteiger partial charge in [-0.3, -0.25) is 4.90 Å². The van der Waals surface area contributed by atoms with Crippen molar-refractivity contribution in [3.05, 3.63) is 64.0 Å². The van der Waals surface area contributed by atoms with Gasteiger partial charge in [0, 0.05) is 30.1 Å². The second kappa shape index (κ2) is 7.44. The Morgan fingerprint density at radius 1 is 1.07 bits per heavy atom. The van der Waals surface area contributed by atoms with E-state index in [1.54, 1.807) is 19.2 Å². The number of fused-ring (bicyclic) bond motifs is 2. The van der Waals surface area contributed by atoms with E-state index in [9.17, 15) is 4.79 Å². The molecule has 1 atom stereocenters. The van der Waals surface area contributed by atoms with E-state index in [4.69, 9.17) is 18.6 Å².